The van der Waals surface area contributed by atoms with E-state index in [1.807, 2.05) is 0 Å². The minimum Gasteiger partial charge on any atom is -0.396 e. The summed E-state index contributed by atoms with van der Waals surface area (Å²) < 4.78 is 36.9. The number of hydrogen-bond acceptors (Lipinski definition) is 1. The van der Waals surface area contributed by atoms with Crippen molar-refractivity contribution < 1.29 is 18.3 Å². The molecule has 0 saturated heterocycles. The van der Waals surface area contributed by atoms with Crippen molar-refractivity contribution in [2.75, 3.05) is 6.61 Å². The molecule has 0 fully saturated rings. The number of aliphatic hydroxyl groups is 1. The Hall–Kier alpha value is -1.00. The molecule has 16 heavy (non-hydrogen) atoms. The van der Waals surface area contributed by atoms with Crippen LogP contribution < -0.4 is 0 Å². The number of rotatable bonds is 3. The summed E-state index contributed by atoms with van der Waals surface area (Å²) in [6.07, 6.45) is -0.707. The van der Waals surface area contributed by atoms with Crippen molar-refractivity contribution in [2.45, 2.75) is 12.6 Å². The van der Waals surface area contributed by atoms with Crippen molar-refractivity contribution in [3.63, 3.8) is 0 Å². The van der Waals surface area contributed by atoms with Gasteiger partial charge in [0.05, 0.1) is 5.56 Å². The van der Waals surface area contributed by atoms with Gasteiger partial charge in [-0.2, -0.15) is 13.2 Å². The summed E-state index contributed by atoms with van der Waals surface area (Å²) >= 11 is 5.70. The van der Waals surface area contributed by atoms with Crippen LogP contribution in [0.2, 0.25) is 5.02 Å². The summed E-state index contributed by atoms with van der Waals surface area (Å²) in [5, 5.41) is 8.58. The molecule has 0 heterocycles. The van der Waals surface area contributed by atoms with Gasteiger partial charge in [0.1, 0.15) is 0 Å². The molecular weight excluding hydrogens is 241 g/mol. The van der Waals surface area contributed by atoms with Gasteiger partial charge in [0.25, 0.3) is 0 Å². The van der Waals surface area contributed by atoms with Crippen LogP contribution in [-0.2, 0) is 6.18 Å². The van der Waals surface area contributed by atoms with Gasteiger partial charge in [0.15, 0.2) is 0 Å². The van der Waals surface area contributed by atoms with E-state index < -0.39 is 11.7 Å². The molecule has 0 bridgehead atoms. The quantitative estimate of drug-likeness (QED) is 0.866. The number of benzene rings is 1. The predicted octanol–water partition coefficient (Wildman–Crippen LogP) is 3.75. The second-order valence-electron chi connectivity index (χ2n) is 3.15. The Bertz CT molecular complexity index is 385. The molecule has 0 aliphatic carbocycles. The van der Waals surface area contributed by atoms with E-state index in [1.165, 1.54) is 6.07 Å². The Morgan fingerprint density at radius 1 is 1.31 bits per heavy atom. The largest absolute Gasteiger partial charge is 0.416 e. The second-order valence-corrected chi connectivity index (χ2v) is 3.56. The van der Waals surface area contributed by atoms with E-state index in [-0.39, 0.29) is 11.6 Å². The lowest BCUT2D eigenvalue weighted by atomic mass is 10.1. The maximum absolute atomic E-state index is 12.3. The summed E-state index contributed by atoms with van der Waals surface area (Å²) in [5.41, 5.74) is -0.264. The summed E-state index contributed by atoms with van der Waals surface area (Å²) in [7, 11) is 0. The van der Waals surface area contributed by atoms with Crippen LogP contribution in [0.3, 0.4) is 0 Å². The molecular formula is C11H10ClF3O. The normalized spacial score (nSPS) is 12.3. The number of alkyl halides is 3. The third-order valence-corrected chi connectivity index (χ3v) is 2.25. The van der Waals surface area contributed by atoms with Crippen LogP contribution in [0.1, 0.15) is 17.5 Å². The maximum Gasteiger partial charge on any atom is 0.416 e. The first-order chi connectivity index (χ1) is 7.45. The zero-order valence-corrected chi connectivity index (χ0v) is 9.02. The van der Waals surface area contributed by atoms with Crippen LogP contribution in [0.4, 0.5) is 13.2 Å². The van der Waals surface area contributed by atoms with Crippen molar-refractivity contribution in [1.82, 2.24) is 0 Å². The van der Waals surface area contributed by atoms with Gasteiger partial charge in [-0.3, -0.25) is 0 Å². The number of aliphatic hydroxyl groups excluding tert-OH is 1. The first-order valence-electron chi connectivity index (χ1n) is 4.59. The first kappa shape index (κ1) is 13.1. The van der Waals surface area contributed by atoms with Crippen LogP contribution in [-0.4, -0.2) is 11.7 Å². The molecule has 0 aromatic heterocycles. The van der Waals surface area contributed by atoms with Gasteiger partial charge in [-0.15, -0.1) is 0 Å². The predicted molar refractivity (Wildman–Crippen MR) is 57.2 cm³/mol. The molecule has 1 N–H and O–H groups in total. The van der Waals surface area contributed by atoms with E-state index in [0.717, 1.165) is 12.1 Å². The lowest BCUT2D eigenvalue weighted by molar-refractivity contribution is -0.137. The molecule has 1 rings (SSSR count). The minimum atomic E-state index is -4.38. The van der Waals surface area contributed by atoms with E-state index in [4.69, 9.17) is 16.7 Å². The van der Waals surface area contributed by atoms with E-state index in [1.54, 1.807) is 12.2 Å². The summed E-state index contributed by atoms with van der Waals surface area (Å²) in [4.78, 5) is 0. The lowest BCUT2D eigenvalue weighted by Gasteiger charge is -2.07. The standard InChI is InChI=1S/C11H10ClF3O/c12-10-7-9(11(13,14)15)5-4-8(10)3-1-2-6-16/h1,3-5,7,16H,2,6H2. The fourth-order valence-electron chi connectivity index (χ4n) is 1.12. The minimum absolute atomic E-state index is 0.00520. The lowest BCUT2D eigenvalue weighted by Crippen LogP contribution is -2.04. The first-order valence-corrected chi connectivity index (χ1v) is 4.97. The van der Waals surface area contributed by atoms with Gasteiger partial charge in [-0.05, 0) is 24.1 Å². The molecule has 5 heteroatoms. The highest BCUT2D eigenvalue weighted by atomic mass is 35.5. The molecule has 0 spiro atoms. The van der Waals surface area contributed by atoms with Crippen molar-refractivity contribution >= 4 is 17.7 Å². The monoisotopic (exact) mass is 250 g/mol. The van der Waals surface area contributed by atoms with Crippen LogP contribution in [0, 0.1) is 0 Å². The average Bonchev–Trinajstić information content (AvgIpc) is 2.19. The van der Waals surface area contributed by atoms with Crippen molar-refractivity contribution in [1.29, 1.82) is 0 Å². The molecule has 0 atom stereocenters. The zero-order chi connectivity index (χ0) is 12.2. The topological polar surface area (TPSA) is 20.2 Å². The third kappa shape index (κ3) is 3.54. The van der Waals surface area contributed by atoms with Crippen molar-refractivity contribution in [2.24, 2.45) is 0 Å². The Kier molecular flexibility index (Phi) is 4.38. The highest BCUT2D eigenvalue weighted by molar-refractivity contribution is 6.32. The number of hydrogen-bond donors (Lipinski definition) is 1. The van der Waals surface area contributed by atoms with E-state index in [2.05, 4.69) is 0 Å². The zero-order valence-electron chi connectivity index (χ0n) is 8.26. The summed E-state index contributed by atoms with van der Waals surface area (Å²) in [6, 6.07) is 3.17. The van der Waals surface area contributed by atoms with E-state index in [0.29, 0.717) is 12.0 Å². The van der Waals surface area contributed by atoms with Gasteiger partial charge < -0.3 is 5.11 Å². The van der Waals surface area contributed by atoms with Gasteiger partial charge in [-0.1, -0.05) is 29.8 Å². The maximum atomic E-state index is 12.3. The Morgan fingerprint density at radius 2 is 2.00 bits per heavy atom. The highest BCUT2D eigenvalue weighted by Crippen LogP contribution is 2.32. The van der Waals surface area contributed by atoms with Gasteiger partial charge in [0, 0.05) is 11.6 Å². The highest BCUT2D eigenvalue weighted by Gasteiger charge is 2.30. The molecule has 1 aromatic rings. The summed E-state index contributed by atoms with van der Waals surface area (Å²) in [6.45, 7) is -0.00520. The Labute approximate surface area is 96.2 Å². The fourth-order valence-corrected chi connectivity index (χ4v) is 1.37. The Morgan fingerprint density at radius 3 is 2.50 bits per heavy atom. The van der Waals surface area contributed by atoms with Crippen molar-refractivity contribution in [3.8, 4) is 0 Å². The van der Waals surface area contributed by atoms with Crippen LogP contribution in [0.25, 0.3) is 6.08 Å². The molecule has 0 aliphatic rings. The molecule has 1 nitrogen and oxygen atoms in total. The summed E-state index contributed by atoms with van der Waals surface area (Å²) in [5.74, 6) is 0. The SMILES string of the molecule is OCCC=Cc1ccc(C(F)(F)F)cc1Cl. The molecule has 0 amide bonds. The molecule has 0 aliphatic heterocycles. The van der Waals surface area contributed by atoms with Gasteiger partial charge in [0.2, 0.25) is 0 Å². The fraction of sp³-hybridized carbons (Fsp3) is 0.273. The van der Waals surface area contributed by atoms with Crippen LogP contribution in [0.5, 0.6) is 0 Å². The molecule has 0 radical (unpaired) electrons. The van der Waals surface area contributed by atoms with Crippen LogP contribution >= 0.6 is 11.6 Å². The molecule has 0 unspecified atom stereocenters. The van der Waals surface area contributed by atoms with Crippen molar-refractivity contribution in [3.05, 3.63) is 40.4 Å². The van der Waals surface area contributed by atoms with Gasteiger partial charge in [-0.25, -0.2) is 0 Å². The third-order valence-electron chi connectivity index (χ3n) is 1.92. The molecule has 88 valence electrons. The Balaban J connectivity index is 2.92. The van der Waals surface area contributed by atoms with Crippen LogP contribution in [0.15, 0.2) is 24.3 Å². The average molecular weight is 251 g/mol. The van der Waals surface area contributed by atoms with E-state index in [9.17, 15) is 13.2 Å². The smallest absolute Gasteiger partial charge is 0.396 e. The molecule has 0 saturated carbocycles. The van der Waals surface area contributed by atoms with Gasteiger partial charge >= 0.3 is 6.18 Å². The number of halogens is 4. The second kappa shape index (κ2) is 5.37. The van der Waals surface area contributed by atoms with E-state index >= 15 is 0 Å². The molecule has 1 aromatic carbocycles.